The number of nitrogens with zero attached hydrogens (tertiary/aromatic N) is 2. The van der Waals surface area contributed by atoms with Crippen molar-refractivity contribution in [1.29, 1.82) is 0 Å². The van der Waals surface area contributed by atoms with Crippen LogP contribution in [0.25, 0.3) is 10.9 Å². The molecule has 2 heterocycles. The number of para-hydroxylation sites is 3. The van der Waals surface area contributed by atoms with Crippen molar-refractivity contribution in [3.05, 3.63) is 60.8 Å². The fraction of sp³-hybridized carbons (Fsp3) is 0.250. The smallest absolute Gasteiger partial charge is 0.206 e. The second kappa shape index (κ2) is 7.36. The summed E-state index contributed by atoms with van der Waals surface area (Å²) < 4.78 is 29.9. The highest BCUT2D eigenvalue weighted by atomic mass is 32.3. The number of ether oxygens (including phenoxy) is 1. The summed E-state index contributed by atoms with van der Waals surface area (Å²) in [5.74, 6) is 0.645. The molecule has 27 heavy (non-hydrogen) atoms. The van der Waals surface area contributed by atoms with E-state index >= 15 is 0 Å². The molecule has 6 nitrogen and oxygen atoms in total. The number of nitrogens with one attached hydrogen (secondary N) is 1. The summed E-state index contributed by atoms with van der Waals surface area (Å²) in [6.45, 7) is 0.786. The van der Waals surface area contributed by atoms with E-state index in [1.165, 1.54) is 0 Å². The van der Waals surface area contributed by atoms with Crippen LogP contribution in [0.1, 0.15) is 12.8 Å². The largest absolute Gasteiger partial charge is 0.467 e. The first-order valence-corrected chi connectivity index (χ1v) is 10.5. The van der Waals surface area contributed by atoms with Crippen LogP contribution in [0.15, 0.2) is 60.8 Å². The Morgan fingerprint density at radius 3 is 2.78 bits per heavy atom. The second-order valence-corrected chi connectivity index (χ2v) is 8.52. The Labute approximate surface area is 160 Å². The molecule has 3 N–H and O–H groups in total. The van der Waals surface area contributed by atoms with E-state index in [0.29, 0.717) is 23.5 Å². The normalized spacial score (nSPS) is 19.4. The van der Waals surface area contributed by atoms with E-state index in [4.69, 9.17) is 4.74 Å². The molecule has 0 bridgehead atoms. The minimum Gasteiger partial charge on any atom is -0.467 e. The van der Waals surface area contributed by atoms with Gasteiger partial charge >= 0.3 is 0 Å². The molecule has 0 amide bonds. The number of aromatic nitrogens is 1. The minimum absolute atomic E-state index is 0.537. The Bertz CT molecular complexity index is 950. The van der Waals surface area contributed by atoms with Crippen LogP contribution in [-0.2, 0) is 0 Å². The third kappa shape index (κ3) is 3.35. The molecule has 0 spiro atoms. The maximum absolute atomic E-state index is 11.2. The lowest BCUT2D eigenvalue weighted by molar-refractivity contribution is 0.235. The van der Waals surface area contributed by atoms with E-state index < -0.39 is 16.2 Å². The molecule has 1 aromatic heterocycles. The van der Waals surface area contributed by atoms with E-state index in [9.17, 15) is 9.11 Å². The van der Waals surface area contributed by atoms with Crippen LogP contribution >= 0.6 is 10.8 Å². The molecule has 0 aliphatic carbocycles. The zero-order valence-corrected chi connectivity index (χ0v) is 15.9. The number of benzene rings is 2. The highest BCUT2D eigenvalue weighted by molar-refractivity contribution is 8.26. The average Bonchev–Trinajstić information content (AvgIpc) is 2.68. The summed E-state index contributed by atoms with van der Waals surface area (Å²) in [6.07, 6.45) is 3.00. The van der Waals surface area contributed by atoms with Crippen molar-refractivity contribution in [3.63, 3.8) is 0 Å². The molecule has 1 aliphatic rings. The van der Waals surface area contributed by atoms with Crippen LogP contribution in [0.3, 0.4) is 0 Å². The number of hydrogen-bond acceptors (Lipinski definition) is 6. The maximum Gasteiger partial charge on any atom is 0.206 e. The van der Waals surface area contributed by atoms with Crippen molar-refractivity contribution >= 4 is 33.1 Å². The first-order valence-electron chi connectivity index (χ1n) is 8.93. The van der Waals surface area contributed by atoms with Crippen LogP contribution in [0, 0.1) is 0 Å². The lowest BCUT2D eigenvalue weighted by Gasteiger charge is -2.51. The van der Waals surface area contributed by atoms with Gasteiger partial charge in [0.15, 0.2) is 0 Å². The molecule has 0 saturated heterocycles. The van der Waals surface area contributed by atoms with Crippen LogP contribution in [-0.4, -0.2) is 33.1 Å². The maximum atomic E-state index is 11.2. The van der Waals surface area contributed by atoms with Gasteiger partial charge in [-0.15, -0.1) is 0 Å². The molecule has 142 valence electrons. The average molecular weight is 385 g/mol. The third-order valence-corrected chi connectivity index (χ3v) is 6.62. The van der Waals surface area contributed by atoms with Crippen molar-refractivity contribution < 1.29 is 13.8 Å². The quantitative estimate of drug-likeness (QED) is 0.550. The van der Waals surface area contributed by atoms with Gasteiger partial charge in [-0.05, 0) is 44.3 Å². The standard InChI is InChI=1S/C20H23N3O3S/c1-21-12-6-11-20-26-19-10-5-4-9-18(19)23(27(20,24)25)16-13-15-7-2-3-8-17(15)22-14-16/h2-5,7-10,13-14,20-21,24-25H,6,11-12H2,1H3. The van der Waals surface area contributed by atoms with Crippen LogP contribution in [0.5, 0.6) is 5.75 Å². The molecular weight excluding hydrogens is 362 g/mol. The predicted molar refractivity (Wildman–Crippen MR) is 111 cm³/mol. The second-order valence-electron chi connectivity index (χ2n) is 6.50. The van der Waals surface area contributed by atoms with Gasteiger partial charge in [0.1, 0.15) is 11.4 Å². The van der Waals surface area contributed by atoms with Crippen molar-refractivity contribution in [2.75, 3.05) is 17.9 Å². The summed E-state index contributed by atoms with van der Waals surface area (Å²) in [4.78, 5) is 4.49. The van der Waals surface area contributed by atoms with Gasteiger partial charge in [-0.25, -0.2) is 4.31 Å². The zero-order valence-electron chi connectivity index (χ0n) is 15.1. The van der Waals surface area contributed by atoms with Gasteiger partial charge < -0.3 is 10.1 Å². The molecule has 4 rings (SSSR count). The van der Waals surface area contributed by atoms with Gasteiger partial charge in [-0.2, -0.15) is 0 Å². The molecule has 1 aliphatic heterocycles. The van der Waals surface area contributed by atoms with Gasteiger partial charge in [0.2, 0.25) is 5.44 Å². The van der Waals surface area contributed by atoms with E-state index in [0.717, 1.165) is 23.9 Å². The summed E-state index contributed by atoms with van der Waals surface area (Å²) in [7, 11) is -1.36. The first kappa shape index (κ1) is 18.1. The topological polar surface area (TPSA) is 77.9 Å². The molecule has 1 atom stereocenters. The number of rotatable bonds is 5. The predicted octanol–water partition coefficient (Wildman–Crippen LogP) is 4.76. The molecular formula is C20H23N3O3S. The third-order valence-electron chi connectivity index (χ3n) is 4.64. The Balaban J connectivity index is 1.79. The summed E-state index contributed by atoms with van der Waals surface area (Å²) in [5.41, 5.74) is 1.44. The summed E-state index contributed by atoms with van der Waals surface area (Å²) >= 11 is 0. The lowest BCUT2D eigenvalue weighted by atomic mass is 10.2. The van der Waals surface area contributed by atoms with Gasteiger partial charge in [-0.1, -0.05) is 41.1 Å². The Morgan fingerprint density at radius 1 is 1.15 bits per heavy atom. The Kier molecular flexibility index (Phi) is 4.92. The Hall–Kier alpha value is -2.32. The van der Waals surface area contributed by atoms with Crippen molar-refractivity contribution in [2.24, 2.45) is 0 Å². The molecule has 3 aromatic rings. The number of anilines is 2. The van der Waals surface area contributed by atoms with Crippen LogP contribution in [0.4, 0.5) is 11.4 Å². The van der Waals surface area contributed by atoms with Gasteiger partial charge in [0, 0.05) is 11.8 Å². The first-order chi connectivity index (χ1) is 13.1. The summed E-state index contributed by atoms with van der Waals surface area (Å²) in [5, 5.41) is 4.03. The van der Waals surface area contributed by atoms with Crippen LogP contribution < -0.4 is 14.4 Å². The van der Waals surface area contributed by atoms with Gasteiger partial charge in [0.05, 0.1) is 17.4 Å². The van der Waals surface area contributed by atoms with E-state index in [2.05, 4.69) is 10.3 Å². The zero-order chi connectivity index (χ0) is 18.9. The highest BCUT2D eigenvalue weighted by Crippen LogP contribution is 2.61. The molecule has 2 aromatic carbocycles. The molecule has 7 heteroatoms. The van der Waals surface area contributed by atoms with E-state index in [1.54, 1.807) is 10.5 Å². The lowest BCUT2D eigenvalue weighted by Crippen LogP contribution is -2.39. The number of fused-ring (bicyclic) bond motifs is 2. The fourth-order valence-corrected chi connectivity index (χ4v) is 5.12. The van der Waals surface area contributed by atoms with Crippen molar-refractivity contribution in [2.45, 2.75) is 18.3 Å². The molecule has 0 radical (unpaired) electrons. The molecule has 0 fully saturated rings. The van der Waals surface area contributed by atoms with Gasteiger partial charge in [-0.3, -0.25) is 14.1 Å². The number of hydrogen-bond donors (Lipinski definition) is 3. The van der Waals surface area contributed by atoms with Gasteiger partial charge in [0.25, 0.3) is 0 Å². The monoisotopic (exact) mass is 385 g/mol. The molecule has 1 unspecified atom stereocenters. The van der Waals surface area contributed by atoms with Crippen LogP contribution in [0.2, 0.25) is 0 Å². The van der Waals surface area contributed by atoms with Crippen molar-refractivity contribution in [3.8, 4) is 5.75 Å². The van der Waals surface area contributed by atoms with E-state index in [-0.39, 0.29) is 0 Å². The Morgan fingerprint density at radius 2 is 1.93 bits per heavy atom. The van der Waals surface area contributed by atoms with E-state index in [1.807, 2.05) is 61.6 Å². The summed E-state index contributed by atoms with van der Waals surface area (Å²) in [6, 6.07) is 17.2. The molecule has 0 saturated carbocycles. The number of pyridine rings is 1. The SMILES string of the molecule is CNCCCC1Oc2ccccc2N(c2cnc3ccccc3c2)S1(O)O. The highest BCUT2D eigenvalue weighted by Gasteiger charge is 2.41. The minimum atomic E-state index is -3.24. The fourth-order valence-electron chi connectivity index (χ4n) is 3.32. The van der Waals surface area contributed by atoms with Crippen molar-refractivity contribution in [1.82, 2.24) is 10.3 Å².